The third-order valence-electron chi connectivity index (χ3n) is 4.58. The molecule has 2 heterocycles. The van der Waals surface area contributed by atoms with Gasteiger partial charge in [-0.25, -0.2) is 14.9 Å². The number of aromatic amines is 1. The van der Waals surface area contributed by atoms with E-state index in [0.29, 0.717) is 37.2 Å². The van der Waals surface area contributed by atoms with Crippen LogP contribution in [0.4, 0.5) is 4.39 Å². The van der Waals surface area contributed by atoms with Crippen molar-refractivity contribution in [2.45, 2.75) is 26.8 Å². The molecule has 7 nitrogen and oxygen atoms in total. The molecule has 1 amide bonds. The Balaban J connectivity index is 0.00000166. The molecule has 1 aromatic carbocycles. The van der Waals surface area contributed by atoms with Crippen molar-refractivity contribution in [3.05, 3.63) is 71.3 Å². The summed E-state index contributed by atoms with van der Waals surface area (Å²) in [5.41, 5.74) is 4.24. The largest absolute Gasteiger partial charge is 0.395 e. The van der Waals surface area contributed by atoms with Crippen LogP contribution in [0.25, 0.3) is 17.1 Å². The number of amides is 1. The number of nitrogens with one attached hydrogen (secondary N) is 2. The summed E-state index contributed by atoms with van der Waals surface area (Å²) >= 11 is 0. The molecule has 0 spiro atoms. The first kappa shape index (κ1) is 24.2. The van der Waals surface area contributed by atoms with Gasteiger partial charge in [0.15, 0.2) is 0 Å². The van der Waals surface area contributed by atoms with Crippen LogP contribution < -0.4 is 5.48 Å². The molecule has 0 saturated heterocycles. The third-order valence-corrected chi connectivity index (χ3v) is 4.58. The molecule has 0 aliphatic carbocycles. The Morgan fingerprint density at radius 1 is 1.23 bits per heavy atom. The molecule has 0 bridgehead atoms. The van der Waals surface area contributed by atoms with E-state index in [1.807, 2.05) is 43.1 Å². The maximum atomic E-state index is 14.5. The Bertz CT molecular complexity index is 1000. The van der Waals surface area contributed by atoms with Gasteiger partial charge < -0.3 is 10.1 Å². The standard InChI is InChI=1S/C21H23FN4O3.C2H6/c22-19-13-15(2-6-20(28)25-29)1-3-17(19)14-26(11-12-27)10-8-18-5-4-16-7-9-23-21(16)24-18;1-2/h1-7,9,13,27,29H,8,10-12,14H2,(H,23,24)(H,25,28);1-2H3/b6-2+;. The molecular formula is C23H29FN4O3. The van der Waals surface area contributed by atoms with E-state index >= 15 is 0 Å². The Kier molecular flexibility index (Phi) is 9.83. The summed E-state index contributed by atoms with van der Waals surface area (Å²) in [6.45, 7) is 5.36. The number of nitrogens with zero attached hydrogens (tertiary/aromatic N) is 2. The third kappa shape index (κ3) is 7.29. The Morgan fingerprint density at radius 2 is 2.03 bits per heavy atom. The van der Waals surface area contributed by atoms with Gasteiger partial charge in [-0.3, -0.25) is 14.9 Å². The summed E-state index contributed by atoms with van der Waals surface area (Å²) in [5.74, 6) is -1.08. The van der Waals surface area contributed by atoms with Gasteiger partial charge in [0.2, 0.25) is 0 Å². The number of carbonyl (C=O) groups excluding carboxylic acids is 1. The summed E-state index contributed by atoms with van der Waals surface area (Å²) in [6.07, 6.45) is 5.04. The number of carbonyl (C=O) groups is 1. The molecule has 0 radical (unpaired) electrons. The SMILES string of the molecule is CC.O=C(/C=C/c1ccc(CN(CCO)CCc2ccc3cc[nH]c3n2)c(F)c1)NO. The van der Waals surface area contributed by atoms with Crippen molar-refractivity contribution in [1.29, 1.82) is 0 Å². The predicted molar refractivity (Wildman–Crippen MR) is 119 cm³/mol. The van der Waals surface area contributed by atoms with Gasteiger partial charge in [0, 0.05) is 55.0 Å². The lowest BCUT2D eigenvalue weighted by molar-refractivity contribution is -0.124. The van der Waals surface area contributed by atoms with Gasteiger partial charge in [0.05, 0.1) is 6.61 Å². The zero-order valence-corrected chi connectivity index (χ0v) is 17.8. The zero-order chi connectivity index (χ0) is 22.6. The monoisotopic (exact) mass is 428 g/mol. The molecule has 2 aromatic heterocycles. The molecule has 4 N–H and O–H groups in total. The van der Waals surface area contributed by atoms with E-state index in [2.05, 4.69) is 9.97 Å². The van der Waals surface area contributed by atoms with Gasteiger partial charge in [-0.1, -0.05) is 26.0 Å². The lowest BCUT2D eigenvalue weighted by Gasteiger charge is -2.21. The molecule has 0 aliphatic rings. The Hall–Kier alpha value is -3.07. The maximum Gasteiger partial charge on any atom is 0.267 e. The number of hydrogen-bond acceptors (Lipinski definition) is 5. The number of aromatic nitrogens is 2. The summed E-state index contributed by atoms with van der Waals surface area (Å²) < 4.78 is 14.5. The van der Waals surface area contributed by atoms with E-state index < -0.39 is 11.7 Å². The van der Waals surface area contributed by atoms with E-state index in [-0.39, 0.29) is 6.61 Å². The predicted octanol–water partition coefficient (Wildman–Crippen LogP) is 3.28. The van der Waals surface area contributed by atoms with Crippen LogP contribution in [0.3, 0.4) is 0 Å². The average molecular weight is 429 g/mol. The highest BCUT2D eigenvalue weighted by atomic mass is 19.1. The van der Waals surface area contributed by atoms with Gasteiger partial charge in [0.1, 0.15) is 11.5 Å². The van der Waals surface area contributed by atoms with Crippen molar-refractivity contribution in [2.75, 3.05) is 19.7 Å². The van der Waals surface area contributed by atoms with Crippen LogP contribution in [0.5, 0.6) is 0 Å². The number of pyridine rings is 1. The van der Waals surface area contributed by atoms with Crippen molar-refractivity contribution < 1.29 is 19.5 Å². The van der Waals surface area contributed by atoms with E-state index in [0.717, 1.165) is 22.8 Å². The van der Waals surface area contributed by atoms with E-state index in [9.17, 15) is 14.3 Å². The Morgan fingerprint density at radius 3 is 2.74 bits per heavy atom. The molecular weight excluding hydrogens is 399 g/mol. The minimum absolute atomic E-state index is 0.0260. The van der Waals surface area contributed by atoms with E-state index in [1.165, 1.54) is 17.6 Å². The molecule has 31 heavy (non-hydrogen) atoms. The molecule has 0 aliphatic heterocycles. The first-order valence-corrected chi connectivity index (χ1v) is 10.3. The molecule has 8 heteroatoms. The van der Waals surface area contributed by atoms with Gasteiger partial charge in [-0.15, -0.1) is 0 Å². The summed E-state index contributed by atoms with van der Waals surface area (Å²) in [7, 11) is 0. The molecule has 3 aromatic rings. The normalized spacial score (nSPS) is 11.0. The van der Waals surface area contributed by atoms with E-state index in [4.69, 9.17) is 5.21 Å². The fourth-order valence-corrected chi connectivity index (χ4v) is 3.04. The molecule has 0 unspecified atom stereocenters. The number of aliphatic hydroxyl groups is 1. The van der Waals surface area contributed by atoms with Crippen molar-refractivity contribution in [3.8, 4) is 0 Å². The second-order valence-corrected chi connectivity index (χ2v) is 6.63. The number of rotatable bonds is 9. The lowest BCUT2D eigenvalue weighted by Crippen LogP contribution is -2.29. The summed E-state index contributed by atoms with van der Waals surface area (Å²) in [6, 6.07) is 10.6. The first-order valence-electron chi connectivity index (χ1n) is 10.3. The van der Waals surface area contributed by atoms with Crippen LogP contribution >= 0.6 is 0 Å². The van der Waals surface area contributed by atoms with Crippen LogP contribution in [0.15, 0.2) is 48.7 Å². The molecule has 166 valence electrons. The average Bonchev–Trinajstić information content (AvgIpc) is 3.26. The second-order valence-electron chi connectivity index (χ2n) is 6.63. The number of H-pyrrole nitrogens is 1. The van der Waals surface area contributed by atoms with Crippen molar-refractivity contribution >= 4 is 23.0 Å². The highest BCUT2D eigenvalue weighted by Gasteiger charge is 2.11. The summed E-state index contributed by atoms with van der Waals surface area (Å²) in [5, 5.41) is 18.9. The van der Waals surface area contributed by atoms with Crippen LogP contribution in [0, 0.1) is 5.82 Å². The number of fused-ring (bicyclic) bond motifs is 1. The fourth-order valence-electron chi connectivity index (χ4n) is 3.04. The van der Waals surface area contributed by atoms with Crippen LogP contribution in [-0.2, 0) is 17.8 Å². The van der Waals surface area contributed by atoms with Gasteiger partial charge in [-0.2, -0.15) is 0 Å². The summed E-state index contributed by atoms with van der Waals surface area (Å²) in [4.78, 5) is 20.6. The van der Waals surface area contributed by atoms with Crippen LogP contribution in [0.1, 0.15) is 30.7 Å². The molecule has 0 atom stereocenters. The maximum absolute atomic E-state index is 14.5. The van der Waals surface area contributed by atoms with Crippen LogP contribution in [-0.4, -0.2) is 50.8 Å². The molecule has 3 rings (SSSR count). The highest BCUT2D eigenvalue weighted by molar-refractivity contribution is 5.90. The van der Waals surface area contributed by atoms with E-state index in [1.54, 1.807) is 12.1 Å². The number of aliphatic hydroxyl groups excluding tert-OH is 1. The number of hydrogen-bond donors (Lipinski definition) is 4. The van der Waals surface area contributed by atoms with Gasteiger partial charge in [0.25, 0.3) is 5.91 Å². The topological polar surface area (TPSA) is 101 Å². The van der Waals surface area contributed by atoms with Crippen molar-refractivity contribution in [3.63, 3.8) is 0 Å². The second kappa shape index (κ2) is 12.6. The number of halogens is 1. The van der Waals surface area contributed by atoms with Crippen molar-refractivity contribution in [1.82, 2.24) is 20.3 Å². The zero-order valence-electron chi connectivity index (χ0n) is 17.8. The molecule has 0 fully saturated rings. The lowest BCUT2D eigenvalue weighted by atomic mass is 10.1. The fraction of sp³-hybridized carbons (Fsp3) is 0.304. The highest BCUT2D eigenvalue weighted by Crippen LogP contribution is 2.15. The number of hydroxylamine groups is 1. The van der Waals surface area contributed by atoms with Gasteiger partial charge >= 0.3 is 0 Å². The minimum Gasteiger partial charge on any atom is -0.395 e. The Labute approximate surface area is 181 Å². The first-order chi connectivity index (χ1) is 15.1. The molecule has 0 saturated carbocycles. The van der Waals surface area contributed by atoms with Gasteiger partial charge in [-0.05, 0) is 35.9 Å². The van der Waals surface area contributed by atoms with Crippen LogP contribution in [0.2, 0.25) is 0 Å². The van der Waals surface area contributed by atoms with Crippen molar-refractivity contribution in [2.24, 2.45) is 0 Å². The minimum atomic E-state index is -0.685. The number of benzene rings is 1. The quantitative estimate of drug-likeness (QED) is 0.238. The smallest absolute Gasteiger partial charge is 0.267 e.